The van der Waals surface area contributed by atoms with Gasteiger partial charge in [0.2, 0.25) is 5.95 Å². The van der Waals surface area contributed by atoms with Crippen molar-refractivity contribution in [1.29, 1.82) is 0 Å². The third-order valence-corrected chi connectivity index (χ3v) is 6.64. The van der Waals surface area contributed by atoms with E-state index in [0.717, 1.165) is 26.7 Å². The highest BCUT2D eigenvalue weighted by atomic mass is 32.1. The number of nitrogens with zero attached hydrogens (tertiary/aromatic N) is 4. The molecule has 0 saturated heterocycles. The second-order valence-corrected chi connectivity index (χ2v) is 8.82. The molecule has 26 heavy (non-hydrogen) atoms. The van der Waals surface area contributed by atoms with Crippen LogP contribution in [0, 0.1) is 6.92 Å². The zero-order chi connectivity index (χ0) is 18.1. The van der Waals surface area contributed by atoms with Crippen molar-refractivity contribution in [3.8, 4) is 0 Å². The van der Waals surface area contributed by atoms with Gasteiger partial charge in [-0.3, -0.25) is 0 Å². The van der Waals surface area contributed by atoms with Gasteiger partial charge in [-0.15, -0.1) is 11.3 Å². The molecule has 0 spiro atoms. The largest absolute Gasteiger partial charge is 0.366 e. The van der Waals surface area contributed by atoms with Gasteiger partial charge in [-0.05, 0) is 75.7 Å². The lowest BCUT2D eigenvalue weighted by Crippen LogP contribution is -2.36. The first-order valence-corrected chi connectivity index (χ1v) is 10.6. The molecule has 0 bridgehead atoms. The average molecular weight is 389 g/mol. The maximum atomic E-state index is 4.77. The van der Waals surface area contributed by atoms with Crippen LogP contribution in [-0.4, -0.2) is 45.4 Å². The van der Waals surface area contributed by atoms with Crippen molar-refractivity contribution in [2.45, 2.75) is 44.7 Å². The molecule has 3 aromatic heterocycles. The Balaban J connectivity index is 1.53. The molecule has 6 nitrogen and oxygen atoms in total. The Bertz CT molecular complexity index is 879. The topological polar surface area (TPSA) is 66.0 Å². The maximum absolute atomic E-state index is 4.77. The fourth-order valence-corrected chi connectivity index (χ4v) is 4.92. The van der Waals surface area contributed by atoms with Gasteiger partial charge in [0.05, 0.1) is 15.9 Å². The Morgan fingerprint density at radius 1 is 1.15 bits per heavy atom. The predicted molar refractivity (Wildman–Crippen MR) is 111 cm³/mol. The van der Waals surface area contributed by atoms with Crippen LogP contribution in [0.5, 0.6) is 0 Å². The number of aromatic nitrogens is 3. The van der Waals surface area contributed by atoms with E-state index < -0.39 is 0 Å². The van der Waals surface area contributed by atoms with E-state index in [1.54, 1.807) is 11.3 Å². The van der Waals surface area contributed by atoms with Gasteiger partial charge < -0.3 is 15.5 Å². The van der Waals surface area contributed by atoms with Crippen molar-refractivity contribution in [2.75, 3.05) is 24.7 Å². The Morgan fingerprint density at radius 3 is 2.65 bits per heavy atom. The minimum atomic E-state index is 0.477. The quantitative estimate of drug-likeness (QED) is 0.672. The van der Waals surface area contributed by atoms with Gasteiger partial charge in [0.1, 0.15) is 10.8 Å². The van der Waals surface area contributed by atoms with Gasteiger partial charge in [0.25, 0.3) is 0 Å². The summed E-state index contributed by atoms with van der Waals surface area (Å²) < 4.78 is 5.44. The minimum Gasteiger partial charge on any atom is -0.366 e. The molecule has 1 saturated carbocycles. The molecule has 3 heterocycles. The van der Waals surface area contributed by atoms with Crippen LogP contribution in [0.1, 0.15) is 31.4 Å². The average Bonchev–Trinajstić information content (AvgIpc) is 3.24. The molecule has 0 unspecified atom stereocenters. The lowest BCUT2D eigenvalue weighted by molar-refractivity contribution is 0.221. The maximum Gasteiger partial charge on any atom is 0.230 e. The zero-order valence-corrected chi connectivity index (χ0v) is 17.0. The molecule has 1 fully saturated rings. The van der Waals surface area contributed by atoms with E-state index >= 15 is 0 Å². The summed E-state index contributed by atoms with van der Waals surface area (Å²) in [5.41, 5.74) is 1.99. The van der Waals surface area contributed by atoms with Crippen LogP contribution in [-0.2, 0) is 0 Å². The number of fused-ring (bicyclic) bond motifs is 1. The molecular formula is C18H24N6S2. The van der Waals surface area contributed by atoms with E-state index in [9.17, 15) is 0 Å². The van der Waals surface area contributed by atoms with Crippen LogP contribution >= 0.6 is 22.9 Å². The summed E-state index contributed by atoms with van der Waals surface area (Å²) in [5, 5.41) is 10.0. The highest BCUT2D eigenvalue weighted by Gasteiger charge is 2.23. The molecule has 2 N–H and O–H groups in total. The number of nitrogens with one attached hydrogen (secondary N) is 2. The third kappa shape index (κ3) is 3.82. The van der Waals surface area contributed by atoms with Crippen molar-refractivity contribution in [3.63, 3.8) is 0 Å². The molecule has 4 rings (SSSR count). The van der Waals surface area contributed by atoms with Crippen LogP contribution in [0.25, 0.3) is 10.2 Å². The molecule has 0 amide bonds. The Kier molecular flexibility index (Phi) is 5.06. The summed E-state index contributed by atoms with van der Waals surface area (Å²) in [4.78, 5) is 11.8. The molecule has 0 aromatic carbocycles. The minimum absolute atomic E-state index is 0.477. The molecule has 3 aromatic rings. The van der Waals surface area contributed by atoms with Gasteiger partial charge in [-0.25, -0.2) is 4.98 Å². The van der Waals surface area contributed by atoms with Gasteiger partial charge in [-0.1, -0.05) is 0 Å². The number of thiophene rings is 1. The van der Waals surface area contributed by atoms with Crippen LogP contribution in [0.3, 0.4) is 0 Å². The highest BCUT2D eigenvalue weighted by molar-refractivity contribution is 7.17. The number of hydrogen-bond acceptors (Lipinski definition) is 8. The molecule has 0 aliphatic heterocycles. The normalized spacial score (nSPS) is 20.6. The first kappa shape index (κ1) is 17.6. The van der Waals surface area contributed by atoms with Crippen molar-refractivity contribution in [1.82, 2.24) is 19.2 Å². The van der Waals surface area contributed by atoms with Crippen molar-refractivity contribution < 1.29 is 0 Å². The van der Waals surface area contributed by atoms with E-state index in [4.69, 9.17) is 4.98 Å². The van der Waals surface area contributed by atoms with E-state index in [-0.39, 0.29) is 0 Å². The van der Waals surface area contributed by atoms with Crippen molar-refractivity contribution in [2.24, 2.45) is 0 Å². The number of aryl methyl sites for hydroxylation is 1. The van der Waals surface area contributed by atoms with Crippen molar-refractivity contribution in [3.05, 3.63) is 23.2 Å². The van der Waals surface area contributed by atoms with E-state index in [1.165, 1.54) is 37.2 Å². The molecule has 0 atom stereocenters. The summed E-state index contributed by atoms with van der Waals surface area (Å²) in [7, 11) is 4.36. The van der Waals surface area contributed by atoms with Gasteiger partial charge in [-0.2, -0.15) is 9.36 Å². The summed E-state index contributed by atoms with van der Waals surface area (Å²) >= 11 is 3.13. The molecule has 1 aliphatic carbocycles. The lowest BCUT2D eigenvalue weighted by atomic mass is 9.90. The Labute approximate surface area is 161 Å². The fraction of sp³-hybridized carbons (Fsp3) is 0.500. The van der Waals surface area contributed by atoms with E-state index in [1.807, 2.05) is 13.0 Å². The first-order chi connectivity index (χ1) is 12.6. The molecule has 0 radical (unpaired) electrons. The van der Waals surface area contributed by atoms with Gasteiger partial charge in [0.15, 0.2) is 0 Å². The summed E-state index contributed by atoms with van der Waals surface area (Å²) in [6.07, 6.45) is 4.82. The van der Waals surface area contributed by atoms with E-state index in [0.29, 0.717) is 18.0 Å². The van der Waals surface area contributed by atoms with Crippen LogP contribution in [0.2, 0.25) is 0 Å². The molecule has 1 aliphatic rings. The zero-order valence-electron chi connectivity index (χ0n) is 15.3. The second kappa shape index (κ2) is 7.46. The van der Waals surface area contributed by atoms with Crippen LogP contribution < -0.4 is 10.6 Å². The Morgan fingerprint density at radius 2 is 1.96 bits per heavy atom. The van der Waals surface area contributed by atoms with Gasteiger partial charge >= 0.3 is 0 Å². The Hall–Kier alpha value is -1.77. The lowest BCUT2D eigenvalue weighted by Gasteiger charge is -2.33. The first-order valence-electron chi connectivity index (χ1n) is 8.97. The summed E-state index contributed by atoms with van der Waals surface area (Å²) in [6.45, 7) is 1.99. The summed E-state index contributed by atoms with van der Waals surface area (Å²) in [5.74, 6) is 1.58. The molecule has 138 valence electrons. The number of rotatable bonds is 5. The number of anilines is 3. The fourth-order valence-electron chi connectivity index (χ4n) is 3.48. The third-order valence-electron chi connectivity index (χ3n) is 4.93. The van der Waals surface area contributed by atoms with E-state index in [2.05, 4.69) is 50.4 Å². The van der Waals surface area contributed by atoms with Crippen LogP contribution in [0.15, 0.2) is 17.5 Å². The monoisotopic (exact) mass is 388 g/mol. The SMILES string of the molecule is Cc1cc(Nc2nc(N[C@H]3CC[C@@H](N(C)C)CC3)c3sccc3n2)sn1. The highest BCUT2D eigenvalue weighted by Crippen LogP contribution is 2.31. The predicted octanol–water partition coefficient (Wildman–Crippen LogP) is 4.48. The smallest absolute Gasteiger partial charge is 0.230 e. The van der Waals surface area contributed by atoms with Crippen LogP contribution in [0.4, 0.5) is 16.8 Å². The molecular weight excluding hydrogens is 364 g/mol. The second-order valence-electron chi connectivity index (χ2n) is 7.10. The van der Waals surface area contributed by atoms with Gasteiger partial charge in [0, 0.05) is 12.1 Å². The standard InChI is InChI=1S/C18H24N6S2/c1-11-10-15(26-23-11)21-18-20-14-8-9-25-16(14)17(22-18)19-12-4-6-13(7-5-12)24(2)3/h8-10,12-13H,4-7H2,1-3H3,(H2,19,20,21,22)/t12-,13+. The number of hydrogen-bond donors (Lipinski definition) is 2. The summed E-state index contributed by atoms with van der Waals surface area (Å²) in [6, 6.07) is 5.25. The molecule has 8 heteroatoms. The van der Waals surface area contributed by atoms with Crippen molar-refractivity contribution >= 4 is 49.9 Å².